The fourth-order valence-corrected chi connectivity index (χ4v) is 1.16. The molecule has 0 unspecified atom stereocenters. The summed E-state index contributed by atoms with van der Waals surface area (Å²) in [5.74, 6) is -0.173. The third-order valence-corrected chi connectivity index (χ3v) is 1.75. The Bertz CT molecular complexity index is 495. The summed E-state index contributed by atoms with van der Waals surface area (Å²) in [7, 11) is 0. The van der Waals surface area contributed by atoms with Crippen LogP contribution in [0.2, 0.25) is 0 Å². The molecule has 0 aliphatic heterocycles. The minimum atomic E-state index is -0.361. The van der Waals surface area contributed by atoms with Crippen molar-refractivity contribution in [2.24, 2.45) is 0 Å². The first-order valence-electron chi connectivity index (χ1n) is 4.43. The highest BCUT2D eigenvalue weighted by molar-refractivity contribution is 5.54. The van der Waals surface area contributed by atoms with Gasteiger partial charge >= 0.3 is 0 Å². The number of halogens is 1. The Kier molecular flexibility index (Phi) is 2.50. The van der Waals surface area contributed by atoms with E-state index in [1.165, 1.54) is 12.1 Å². The monoisotopic (exact) mass is 220 g/mol. The van der Waals surface area contributed by atoms with Gasteiger partial charge in [-0.15, -0.1) is 0 Å². The smallest absolute Gasteiger partial charge is 0.233 e. The van der Waals surface area contributed by atoms with Crippen LogP contribution in [0.4, 0.5) is 27.9 Å². The molecule has 82 valence electrons. The van der Waals surface area contributed by atoms with Crippen molar-refractivity contribution in [1.82, 2.24) is 15.0 Å². The van der Waals surface area contributed by atoms with Crippen molar-refractivity contribution in [3.05, 3.63) is 30.1 Å². The standard InChI is InChI=1S/C9H9FN6/c10-5-2-1-3-6(4-5)13-9-15-7(11)14-8(12)16-9/h1-4H,(H5,11,12,13,14,15,16). The molecule has 0 atom stereocenters. The molecule has 0 saturated heterocycles. The molecule has 5 N–H and O–H groups in total. The van der Waals surface area contributed by atoms with E-state index < -0.39 is 0 Å². The van der Waals surface area contributed by atoms with Gasteiger partial charge in [0.15, 0.2) is 0 Å². The Morgan fingerprint density at radius 3 is 2.38 bits per heavy atom. The second kappa shape index (κ2) is 3.97. The van der Waals surface area contributed by atoms with E-state index in [-0.39, 0.29) is 23.7 Å². The SMILES string of the molecule is Nc1nc(N)nc(Nc2cccc(F)c2)n1. The molecular weight excluding hydrogens is 211 g/mol. The van der Waals surface area contributed by atoms with Crippen molar-refractivity contribution < 1.29 is 4.39 Å². The number of rotatable bonds is 2. The summed E-state index contributed by atoms with van der Waals surface area (Å²) in [5, 5.41) is 2.76. The van der Waals surface area contributed by atoms with Gasteiger partial charge in [0.2, 0.25) is 17.8 Å². The summed E-state index contributed by atoms with van der Waals surface area (Å²) < 4.78 is 12.9. The van der Waals surface area contributed by atoms with E-state index in [2.05, 4.69) is 20.3 Å². The lowest BCUT2D eigenvalue weighted by Crippen LogP contribution is -2.06. The zero-order valence-electron chi connectivity index (χ0n) is 8.18. The molecule has 0 amide bonds. The van der Waals surface area contributed by atoms with Crippen molar-refractivity contribution >= 4 is 23.5 Å². The molecule has 2 rings (SSSR count). The molecule has 1 heterocycles. The van der Waals surface area contributed by atoms with Crippen LogP contribution in [-0.2, 0) is 0 Å². The molecule has 0 saturated carbocycles. The number of nitrogens with one attached hydrogen (secondary N) is 1. The first-order valence-corrected chi connectivity index (χ1v) is 4.43. The highest BCUT2D eigenvalue weighted by Gasteiger charge is 2.02. The minimum Gasteiger partial charge on any atom is -0.368 e. The number of aromatic nitrogens is 3. The second-order valence-electron chi connectivity index (χ2n) is 3.01. The Labute approximate surface area is 90.5 Å². The third-order valence-electron chi connectivity index (χ3n) is 1.75. The van der Waals surface area contributed by atoms with E-state index in [4.69, 9.17) is 11.5 Å². The van der Waals surface area contributed by atoms with Gasteiger partial charge in [-0.3, -0.25) is 0 Å². The molecule has 0 bridgehead atoms. The van der Waals surface area contributed by atoms with E-state index in [0.29, 0.717) is 5.69 Å². The van der Waals surface area contributed by atoms with Crippen LogP contribution in [0.3, 0.4) is 0 Å². The highest BCUT2D eigenvalue weighted by atomic mass is 19.1. The van der Waals surface area contributed by atoms with Crippen LogP contribution in [0, 0.1) is 5.82 Å². The maximum Gasteiger partial charge on any atom is 0.233 e. The maximum absolute atomic E-state index is 12.9. The van der Waals surface area contributed by atoms with E-state index in [1.807, 2.05) is 0 Å². The Morgan fingerprint density at radius 2 is 1.75 bits per heavy atom. The van der Waals surface area contributed by atoms with Crippen molar-refractivity contribution in [2.75, 3.05) is 16.8 Å². The number of benzene rings is 1. The zero-order chi connectivity index (χ0) is 11.5. The lowest BCUT2D eigenvalue weighted by atomic mass is 10.3. The fourth-order valence-electron chi connectivity index (χ4n) is 1.16. The van der Waals surface area contributed by atoms with E-state index >= 15 is 0 Å². The van der Waals surface area contributed by atoms with Crippen LogP contribution in [0.1, 0.15) is 0 Å². The molecule has 2 aromatic rings. The number of nitrogens with zero attached hydrogens (tertiary/aromatic N) is 3. The van der Waals surface area contributed by atoms with E-state index in [0.717, 1.165) is 0 Å². The van der Waals surface area contributed by atoms with Gasteiger partial charge in [-0.2, -0.15) is 15.0 Å². The van der Waals surface area contributed by atoms with Gasteiger partial charge in [-0.05, 0) is 18.2 Å². The third kappa shape index (κ3) is 2.32. The summed E-state index contributed by atoms with van der Waals surface area (Å²) in [4.78, 5) is 11.2. The quantitative estimate of drug-likeness (QED) is 0.695. The van der Waals surface area contributed by atoms with Gasteiger partial charge in [0.25, 0.3) is 0 Å². The number of nitrogen functional groups attached to an aromatic ring is 2. The van der Waals surface area contributed by atoms with Crippen molar-refractivity contribution in [3.8, 4) is 0 Å². The average Bonchev–Trinajstić information content (AvgIpc) is 2.15. The van der Waals surface area contributed by atoms with Crippen LogP contribution >= 0.6 is 0 Å². The average molecular weight is 220 g/mol. The Balaban J connectivity index is 2.27. The first kappa shape index (κ1) is 10.1. The van der Waals surface area contributed by atoms with Gasteiger partial charge < -0.3 is 16.8 Å². The van der Waals surface area contributed by atoms with Gasteiger partial charge in [-0.1, -0.05) is 6.07 Å². The van der Waals surface area contributed by atoms with Gasteiger partial charge in [0.05, 0.1) is 0 Å². The van der Waals surface area contributed by atoms with Crippen LogP contribution in [-0.4, -0.2) is 15.0 Å². The predicted octanol–water partition coefficient (Wildman–Crippen LogP) is 0.919. The van der Waals surface area contributed by atoms with Crippen molar-refractivity contribution in [1.29, 1.82) is 0 Å². The summed E-state index contributed by atoms with van der Waals surface area (Å²) in [5.41, 5.74) is 11.3. The zero-order valence-corrected chi connectivity index (χ0v) is 8.18. The van der Waals surface area contributed by atoms with Gasteiger partial charge in [0.1, 0.15) is 5.82 Å². The second-order valence-corrected chi connectivity index (χ2v) is 3.01. The minimum absolute atomic E-state index is 0.00593. The van der Waals surface area contributed by atoms with Gasteiger partial charge in [0, 0.05) is 5.69 Å². The number of nitrogens with two attached hydrogens (primary N) is 2. The highest BCUT2D eigenvalue weighted by Crippen LogP contribution is 2.14. The number of anilines is 4. The van der Waals surface area contributed by atoms with Crippen molar-refractivity contribution in [2.45, 2.75) is 0 Å². The van der Waals surface area contributed by atoms with Crippen LogP contribution in [0.25, 0.3) is 0 Å². The molecule has 0 radical (unpaired) electrons. The lowest BCUT2D eigenvalue weighted by molar-refractivity contribution is 0.628. The Hall–Kier alpha value is -2.44. The number of hydrogen-bond acceptors (Lipinski definition) is 6. The van der Waals surface area contributed by atoms with E-state index in [1.54, 1.807) is 12.1 Å². The van der Waals surface area contributed by atoms with Crippen LogP contribution < -0.4 is 16.8 Å². The lowest BCUT2D eigenvalue weighted by Gasteiger charge is -2.05. The molecule has 0 aliphatic rings. The predicted molar refractivity (Wildman–Crippen MR) is 58.3 cm³/mol. The molecular formula is C9H9FN6. The Morgan fingerprint density at radius 1 is 1.06 bits per heavy atom. The molecule has 0 spiro atoms. The van der Waals surface area contributed by atoms with Crippen LogP contribution in [0.5, 0.6) is 0 Å². The summed E-state index contributed by atoms with van der Waals surface area (Å²) in [6.07, 6.45) is 0. The molecule has 0 fully saturated rings. The normalized spacial score (nSPS) is 10.1. The maximum atomic E-state index is 12.9. The largest absolute Gasteiger partial charge is 0.368 e. The van der Waals surface area contributed by atoms with Crippen molar-refractivity contribution in [3.63, 3.8) is 0 Å². The first-order chi connectivity index (χ1) is 7.63. The molecule has 1 aromatic carbocycles. The summed E-state index contributed by atoms with van der Waals surface area (Å²) in [6, 6.07) is 5.86. The molecule has 7 heteroatoms. The molecule has 1 aromatic heterocycles. The topological polar surface area (TPSA) is 103 Å². The molecule has 6 nitrogen and oxygen atoms in total. The van der Waals surface area contributed by atoms with Crippen LogP contribution in [0.15, 0.2) is 24.3 Å². The fraction of sp³-hybridized carbons (Fsp3) is 0. The molecule has 0 aliphatic carbocycles. The van der Waals surface area contributed by atoms with Gasteiger partial charge in [-0.25, -0.2) is 4.39 Å². The summed E-state index contributed by atoms with van der Waals surface area (Å²) >= 11 is 0. The number of hydrogen-bond donors (Lipinski definition) is 3. The summed E-state index contributed by atoms with van der Waals surface area (Å²) in [6.45, 7) is 0. The molecule has 16 heavy (non-hydrogen) atoms. The van der Waals surface area contributed by atoms with E-state index in [9.17, 15) is 4.39 Å².